The minimum atomic E-state index is -0.612. The molecule has 102 valence electrons. The molecule has 2 rings (SSSR count). The molecule has 1 fully saturated rings. The fourth-order valence-electron chi connectivity index (χ4n) is 1.66. The summed E-state index contributed by atoms with van der Waals surface area (Å²) < 4.78 is 4.81. The van der Waals surface area contributed by atoms with Crippen LogP contribution in [0.25, 0.3) is 0 Å². The molecule has 0 aliphatic carbocycles. The van der Waals surface area contributed by atoms with Crippen LogP contribution in [0.1, 0.15) is 23.8 Å². The van der Waals surface area contributed by atoms with Crippen molar-refractivity contribution in [1.82, 2.24) is 9.88 Å². The Balaban J connectivity index is 2.03. The number of likely N-dealkylation sites (N-methyl/N-ethyl adjacent to an activating group) is 1. The Morgan fingerprint density at radius 3 is 2.95 bits per heavy atom. The maximum atomic E-state index is 11.7. The van der Waals surface area contributed by atoms with Gasteiger partial charge >= 0.3 is 5.97 Å². The van der Waals surface area contributed by atoms with E-state index >= 15 is 0 Å². The Kier molecular flexibility index (Phi) is 3.79. The van der Waals surface area contributed by atoms with Gasteiger partial charge in [0.05, 0.1) is 13.0 Å². The number of hydrogen-bond acceptors (Lipinski definition) is 7. The molecule has 0 bridgehead atoms. The van der Waals surface area contributed by atoms with Gasteiger partial charge in [0.2, 0.25) is 5.91 Å². The average molecular weight is 283 g/mol. The third-order valence-electron chi connectivity index (χ3n) is 2.67. The normalized spacial score (nSPS) is 18.8. The molecule has 1 saturated heterocycles. The number of hydrogen-bond donors (Lipinski definition) is 1. The summed E-state index contributed by atoms with van der Waals surface area (Å²) in [5, 5.41) is 4.82. The lowest BCUT2D eigenvalue weighted by molar-refractivity contribution is -0.136. The molecule has 2 heterocycles. The smallest absolute Gasteiger partial charge is 0.357 e. The van der Waals surface area contributed by atoms with Crippen LogP contribution in [0.5, 0.6) is 0 Å². The van der Waals surface area contributed by atoms with E-state index in [4.69, 9.17) is 4.74 Å². The highest BCUT2D eigenvalue weighted by atomic mass is 32.1. The van der Waals surface area contributed by atoms with Gasteiger partial charge in [-0.25, -0.2) is 9.78 Å². The Bertz CT molecular complexity index is 528. The zero-order valence-electron chi connectivity index (χ0n) is 10.5. The number of esters is 1. The second-order valence-corrected chi connectivity index (χ2v) is 4.81. The first-order chi connectivity index (χ1) is 9.02. The first kappa shape index (κ1) is 13.5. The van der Waals surface area contributed by atoms with E-state index in [1.807, 2.05) is 0 Å². The lowest BCUT2D eigenvalue weighted by Gasteiger charge is -2.09. The number of imide groups is 1. The van der Waals surface area contributed by atoms with E-state index in [1.165, 1.54) is 18.4 Å². The molecule has 1 aromatic rings. The molecule has 0 aromatic carbocycles. The molecule has 1 aromatic heterocycles. The standard InChI is InChI=1S/C11H13N3O4S/c1-3-18-10(17)7-5-19-11(13-7)12-6-4-8(15)14(2)9(6)16/h5-6H,3-4H2,1-2H3,(H,12,13). The van der Waals surface area contributed by atoms with Crippen molar-refractivity contribution in [3.63, 3.8) is 0 Å². The Morgan fingerprint density at radius 1 is 1.63 bits per heavy atom. The van der Waals surface area contributed by atoms with Gasteiger partial charge in [0.1, 0.15) is 6.04 Å². The van der Waals surface area contributed by atoms with Crippen molar-refractivity contribution in [1.29, 1.82) is 0 Å². The average Bonchev–Trinajstić information content (AvgIpc) is 2.92. The van der Waals surface area contributed by atoms with Crippen molar-refractivity contribution in [3.05, 3.63) is 11.1 Å². The lowest BCUT2D eigenvalue weighted by atomic mass is 10.2. The molecule has 1 N–H and O–H groups in total. The van der Waals surface area contributed by atoms with Gasteiger partial charge in [-0.1, -0.05) is 0 Å². The monoisotopic (exact) mass is 283 g/mol. The Hall–Kier alpha value is -1.96. The van der Waals surface area contributed by atoms with E-state index in [0.29, 0.717) is 5.13 Å². The zero-order valence-corrected chi connectivity index (χ0v) is 11.3. The van der Waals surface area contributed by atoms with Gasteiger partial charge < -0.3 is 10.1 Å². The molecule has 1 unspecified atom stereocenters. The van der Waals surface area contributed by atoms with Gasteiger partial charge in [0, 0.05) is 12.4 Å². The second kappa shape index (κ2) is 5.35. The van der Waals surface area contributed by atoms with Gasteiger partial charge in [0.15, 0.2) is 10.8 Å². The highest BCUT2D eigenvalue weighted by Gasteiger charge is 2.36. The van der Waals surface area contributed by atoms with Gasteiger partial charge in [-0.05, 0) is 6.92 Å². The number of anilines is 1. The summed E-state index contributed by atoms with van der Waals surface area (Å²) in [6, 6.07) is -0.612. The van der Waals surface area contributed by atoms with Crippen LogP contribution in [-0.4, -0.2) is 47.4 Å². The molecular weight excluding hydrogens is 270 g/mol. The van der Waals surface area contributed by atoms with Crippen molar-refractivity contribution in [2.24, 2.45) is 0 Å². The van der Waals surface area contributed by atoms with Crippen molar-refractivity contribution < 1.29 is 19.1 Å². The van der Waals surface area contributed by atoms with Gasteiger partial charge in [-0.3, -0.25) is 14.5 Å². The summed E-state index contributed by atoms with van der Waals surface area (Å²) in [5.41, 5.74) is 0.194. The quantitative estimate of drug-likeness (QED) is 0.639. The van der Waals surface area contributed by atoms with E-state index in [-0.39, 0.29) is 30.5 Å². The van der Waals surface area contributed by atoms with Crippen LogP contribution >= 0.6 is 11.3 Å². The minimum Gasteiger partial charge on any atom is -0.461 e. The highest BCUT2D eigenvalue weighted by molar-refractivity contribution is 7.13. The minimum absolute atomic E-state index is 0.101. The Labute approximate surface area is 113 Å². The van der Waals surface area contributed by atoms with Crippen LogP contribution < -0.4 is 5.32 Å². The summed E-state index contributed by atoms with van der Waals surface area (Å²) in [4.78, 5) is 39.6. The zero-order chi connectivity index (χ0) is 14.0. The number of thiazole rings is 1. The summed E-state index contributed by atoms with van der Waals surface area (Å²) in [5.74, 6) is -1.03. The molecule has 0 spiro atoms. The highest BCUT2D eigenvalue weighted by Crippen LogP contribution is 2.21. The van der Waals surface area contributed by atoms with Crippen LogP contribution in [0.4, 0.5) is 5.13 Å². The fourth-order valence-corrected chi connectivity index (χ4v) is 2.39. The number of likely N-dealkylation sites (tertiary alicyclic amines) is 1. The number of ether oxygens (including phenoxy) is 1. The molecule has 19 heavy (non-hydrogen) atoms. The molecule has 1 atom stereocenters. The van der Waals surface area contributed by atoms with Crippen LogP contribution in [0.2, 0.25) is 0 Å². The summed E-state index contributed by atoms with van der Waals surface area (Å²) in [7, 11) is 1.44. The number of carbonyl (C=O) groups is 3. The van der Waals surface area contributed by atoms with Crippen molar-refractivity contribution in [2.45, 2.75) is 19.4 Å². The van der Waals surface area contributed by atoms with Crippen LogP contribution in [0.15, 0.2) is 5.38 Å². The molecule has 0 saturated carbocycles. The molecule has 8 heteroatoms. The molecule has 2 amide bonds. The predicted octanol–water partition coefficient (Wildman–Crippen LogP) is 0.489. The first-order valence-electron chi connectivity index (χ1n) is 5.72. The SMILES string of the molecule is CCOC(=O)c1csc(NC2CC(=O)N(C)C2=O)n1. The van der Waals surface area contributed by atoms with E-state index in [0.717, 1.165) is 4.90 Å². The number of rotatable bonds is 4. The maximum absolute atomic E-state index is 11.7. The number of amides is 2. The number of carbonyl (C=O) groups excluding carboxylic acids is 3. The van der Waals surface area contributed by atoms with Crippen LogP contribution in [0.3, 0.4) is 0 Å². The van der Waals surface area contributed by atoms with E-state index in [2.05, 4.69) is 10.3 Å². The van der Waals surface area contributed by atoms with Crippen LogP contribution in [0, 0.1) is 0 Å². The van der Waals surface area contributed by atoms with E-state index in [9.17, 15) is 14.4 Å². The molecule has 7 nitrogen and oxygen atoms in total. The van der Waals surface area contributed by atoms with E-state index < -0.39 is 12.0 Å². The topological polar surface area (TPSA) is 88.6 Å². The molecule has 1 aliphatic heterocycles. The van der Waals surface area contributed by atoms with Crippen molar-refractivity contribution in [2.75, 3.05) is 19.0 Å². The number of aromatic nitrogens is 1. The first-order valence-corrected chi connectivity index (χ1v) is 6.60. The van der Waals surface area contributed by atoms with Crippen molar-refractivity contribution in [3.8, 4) is 0 Å². The predicted molar refractivity (Wildman–Crippen MR) is 67.9 cm³/mol. The molecular formula is C11H13N3O4S. The molecule has 0 radical (unpaired) electrons. The molecule has 1 aliphatic rings. The second-order valence-electron chi connectivity index (χ2n) is 3.95. The third-order valence-corrected chi connectivity index (χ3v) is 3.44. The summed E-state index contributed by atoms with van der Waals surface area (Å²) in [6.45, 7) is 1.99. The summed E-state index contributed by atoms with van der Waals surface area (Å²) >= 11 is 1.19. The Morgan fingerprint density at radius 2 is 2.37 bits per heavy atom. The maximum Gasteiger partial charge on any atom is 0.357 e. The van der Waals surface area contributed by atoms with E-state index in [1.54, 1.807) is 12.3 Å². The van der Waals surface area contributed by atoms with Gasteiger partial charge in [-0.2, -0.15) is 0 Å². The largest absolute Gasteiger partial charge is 0.461 e. The van der Waals surface area contributed by atoms with Crippen LogP contribution in [-0.2, 0) is 14.3 Å². The van der Waals surface area contributed by atoms with Gasteiger partial charge in [-0.15, -0.1) is 11.3 Å². The fraction of sp³-hybridized carbons (Fsp3) is 0.455. The third kappa shape index (κ3) is 2.73. The number of nitrogens with zero attached hydrogens (tertiary/aromatic N) is 2. The van der Waals surface area contributed by atoms with Crippen molar-refractivity contribution >= 4 is 34.3 Å². The lowest BCUT2D eigenvalue weighted by Crippen LogP contribution is -2.31. The summed E-state index contributed by atoms with van der Waals surface area (Å²) in [6.07, 6.45) is 0.101. The number of nitrogens with one attached hydrogen (secondary N) is 1. The van der Waals surface area contributed by atoms with Gasteiger partial charge in [0.25, 0.3) is 5.91 Å².